The molecule has 1 aromatic carbocycles. The van der Waals surface area contributed by atoms with Gasteiger partial charge in [-0.25, -0.2) is 9.98 Å². The van der Waals surface area contributed by atoms with Gasteiger partial charge in [0.2, 0.25) is 5.88 Å². The van der Waals surface area contributed by atoms with Crippen LogP contribution in [0.15, 0.2) is 58.9 Å². The van der Waals surface area contributed by atoms with Gasteiger partial charge in [0, 0.05) is 35.7 Å². The van der Waals surface area contributed by atoms with Crippen LogP contribution in [0.3, 0.4) is 0 Å². The van der Waals surface area contributed by atoms with Gasteiger partial charge in [0.1, 0.15) is 0 Å². The third-order valence-electron chi connectivity index (χ3n) is 4.64. The molecule has 1 aliphatic heterocycles. The van der Waals surface area contributed by atoms with Crippen LogP contribution in [0.2, 0.25) is 0 Å². The van der Waals surface area contributed by atoms with E-state index in [0.29, 0.717) is 31.6 Å². The van der Waals surface area contributed by atoms with Crippen molar-refractivity contribution in [2.75, 3.05) is 32.2 Å². The van der Waals surface area contributed by atoms with Crippen LogP contribution < -0.4 is 24.8 Å². The first-order valence-corrected chi connectivity index (χ1v) is 11.2. The molecular weight excluding hydrogens is 412 g/mol. The average Bonchev–Trinajstić information content (AvgIpc) is 3.21. The first-order valence-electron chi connectivity index (χ1n) is 10.3. The normalized spacial score (nSPS) is 13.4. The number of rotatable bonds is 7. The number of nitrogens with one attached hydrogen (secondary N) is 2. The lowest BCUT2D eigenvalue weighted by Gasteiger charge is -2.14. The lowest BCUT2D eigenvalue weighted by atomic mass is 10.2. The SMILES string of the molecule is COc1cccc(CN=C(NCCc2cccs2)Nc2ccc3c(c2)OCCCO3)n1. The molecule has 0 saturated carbocycles. The molecule has 1 aliphatic rings. The van der Waals surface area contributed by atoms with Gasteiger partial charge in [-0.2, -0.15) is 0 Å². The molecule has 0 radical (unpaired) electrons. The van der Waals surface area contributed by atoms with Gasteiger partial charge < -0.3 is 24.8 Å². The van der Waals surface area contributed by atoms with Gasteiger partial charge in [-0.3, -0.25) is 0 Å². The topological polar surface area (TPSA) is 77.0 Å². The fourth-order valence-electron chi connectivity index (χ4n) is 3.10. The maximum Gasteiger partial charge on any atom is 0.213 e. The van der Waals surface area contributed by atoms with Crippen LogP contribution in [-0.4, -0.2) is 37.8 Å². The fourth-order valence-corrected chi connectivity index (χ4v) is 3.80. The van der Waals surface area contributed by atoms with E-state index in [9.17, 15) is 0 Å². The van der Waals surface area contributed by atoms with Crippen molar-refractivity contribution >= 4 is 23.0 Å². The number of aliphatic imine (C=N–C) groups is 1. The second-order valence-electron chi connectivity index (χ2n) is 6.93. The second kappa shape index (κ2) is 10.7. The summed E-state index contributed by atoms with van der Waals surface area (Å²) >= 11 is 1.76. The lowest BCUT2D eigenvalue weighted by molar-refractivity contribution is 0.297. The number of nitrogens with zero attached hydrogens (tertiary/aromatic N) is 2. The number of anilines is 1. The van der Waals surface area contributed by atoms with E-state index in [1.165, 1.54) is 4.88 Å². The Morgan fingerprint density at radius 2 is 2.03 bits per heavy atom. The molecule has 2 aromatic heterocycles. The minimum Gasteiger partial charge on any atom is -0.490 e. The molecule has 0 unspecified atom stereocenters. The van der Waals surface area contributed by atoms with Crippen molar-refractivity contribution in [3.8, 4) is 17.4 Å². The highest BCUT2D eigenvalue weighted by atomic mass is 32.1. The average molecular weight is 439 g/mol. The Morgan fingerprint density at radius 1 is 1.13 bits per heavy atom. The van der Waals surface area contributed by atoms with Crippen molar-refractivity contribution in [2.45, 2.75) is 19.4 Å². The zero-order valence-electron chi connectivity index (χ0n) is 17.5. The highest BCUT2D eigenvalue weighted by molar-refractivity contribution is 7.09. The van der Waals surface area contributed by atoms with E-state index in [1.54, 1.807) is 18.4 Å². The molecule has 0 bridgehead atoms. The number of hydrogen-bond acceptors (Lipinski definition) is 6. The molecule has 0 spiro atoms. The van der Waals surface area contributed by atoms with Gasteiger partial charge >= 0.3 is 0 Å². The van der Waals surface area contributed by atoms with E-state index in [4.69, 9.17) is 19.2 Å². The Hall–Kier alpha value is -3.26. The maximum atomic E-state index is 5.81. The van der Waals surface area contributed by atoms with Gasteiger partial charge in [0.05, 0.1) is 32.6 Å². The molecule has 0 fully saturated rings. The summed E-state index contributed by atoms with van der Waals surface area (Å²) in [5.74, 6) is 2.77. The maximum absolute atomic E-state index is 5.81. The summed E-state index contributed by atoms with van der Waals surface area (Å²) in [6.45, 7) is 2.51. The highest BCUT2D eigenvalue weighted by Crippen LogP contribution is 2.32. The minimum atomic E-state index is 0.427. The van der Waals surface area contributed by atoms with Gasteiger partial charge in [0.15, 0.2) is 17.5 Å². The molecule has 0 atom stereocenters. The monoisotopic (exact) mass is 438 g/mol. The number of pyridine rings is 1. The molecule has 162 valence electrons. The third-order valence-corrected chi connectivity index (χ3v) is 5.58. The molecule has 31 heavy (non-hydrogen) atoms. The van der Waals surface area contributed by atoms with E-state index in [0.717, 1.165) is 42.3 Å². The molecule has 4 rings (SSSR count). The molecule has 2 N–H and O–H groups in total. The van der Waals surface area contributed by atoms with E-state index >= 15 is 0 Å². The molecule has 8 heteroatoms. The number of thiophene rings is 1. The zero-order chi connectivity index (χ0) is 21.3. The summed E-state index contributed by atoms with van der Waals surface area (Å²) in [6.07, 6.45) is 1.80. The Kier molecular flexibility index (Phi) is 7.23. The summed E-state index contributed by atoms with van der Waals surface area (Å²) in [5.41, 5.74) is 1.71. The quantitative estimate of drug-likeness (QED) is 0.427. The molecule has 0 aliphatic carbocycles. The van der Waals surface area contributed by atoms with E-state index in [1.807, 2.05) is 36.4 Å². The Balaban J connectivity index is 1.47. The molecule has 7 nitrogen and oxygen atoms in total. The van der Waals surface area contributed by atoms with Crippen LogP contribution in [0, 0.1) is 0 Å². The van der Waals surface area contributed by atoms with Gasteiger partial charge in [-0.15, -0.1) is 11.3 Å². The third kappa shape index (κ3) is 6.11. The summed E-state index contributed by atoms with van der Waals surface area (Å²) < 4.78 is 16.7. The predicted octanol–water partition coefficient (Wildman–Crippen LogP) is 4.11. The number of aromatic nitrogens is 1. The van der Waals surface area contributed by atoms with Gasteiger partial charge in [-0.1, -0.05) is 12.1 Å². The van der Waals surface area contributed by atoms with Crippen LogP contribution in [0.25, 0.3) is 0 Å². The van der Waals surface area contributed by atoms with Crippen molar-refractivity contribution in [1.29, 1.82) is 0 Å². The van der Waals surface area contributed by atoms with Gasteiger partial charge in [-0.05, 0) is 36.1 Å². The number of methoxy groups -OCH3 is 1. The molecule has 3 heterocycles. The first-order chi connectivity index (χ1) is 15.3. The van der Waals surface area contributed by atoms with Crippen molar-refractivity contribution in [3.63, 3.8) is 0 Å². The number of benzene rings is 1. The fraction of sp³-hybridized carbons (Fsp3) is 0.304. The minimum absolute atomic E-state index is 0.427. The molecule has 0 saturated heterocycles. The predicted molar refractivity (Wildman–Crippen MR) is 124 cm³/mol. The number of hydrogen-bond donors (Lipinski definition) is 2. The summed E-state index contributed by atoms with van der Waals surface area (Å²) in [7, 11) is 1.61. The van der Waals surface area contributed by atoms with Gasteiger partial charge in [0.25, 0.3) is 0 Å². The van der Waals surface area contributed by atoms with Crippen LogP contribution in [0.5, 0.6) is 17.4 Å². The van der Waals surface area contributed by atoms with Crippen molar-refractivity contribution in [1.82, 2.24) is 10.3 Å². The number of ether oxygens (including phenoxy) is 3. The largest absolute Gasteiger partial charge is 0.490 e. The van der Waals surface area contributed by atoms with Crippen molar-refractivity contribution in [2.24, 2.45) is 4.99 Å². The van der Waals surface area contributed by atoms with E-state index < -0.39 is 0 Å². The summed E-state index contributed by atoms with van der Waals surface area (Å²) in [6, 6.07) is 15.7. The first kappa shape index (κ1) is 21.0. The van der Waals surface area contributed by atoms with E-state index in [-0.39, 0.29) is 0 Å². The van der Waals surface area contributed by atoms with Crippen LogP contribution in [-0.2, 0) is 13.0 Å². The molecule has 3 aromatic rings. The zero-order valence-corrected chi connectivity index (χ0v) is 18.3. The highest BCUT2D eigenvalue weighted by Gasteiger charge is 2.11. The van der Waals surface area contributed by atoms with Crippen LogP contribution in [0.1, 0.15) is 17.0 Å². The van der Waals surface area contributed by atoms with Crippen molar-refractivity contribution in [3.05, 3.63) is 64.5 Å². The smallest absolute Gasteiger partial charge is 0.213 e. The molecule has 0 amide bonds. The van der Waals surface area contributed by atoms with E-state index in [2.05, 4.69) is 33.1 Å². The second-order valence-corrected chi connectivity index (χ2v) is 7.96. The van der Waals surface area contributed by atoms with Crippen molar-refractivity contribution < 1.29 is 14.2 Å². The Bertz CT molecular complexity index is 1010. The Morgan fingerprint density at radius 3 is 2.87 bits per heavy atom. The Labute approximate surface area is 186 Å². The van der Waals surface area contributed by atoms with Crippen LogP contribution >= 0.6 is 11.3 Å². The molecular formula is C23H26N4O3S. The van der Waals surface area contributed by atoms with Crippen LogP contribution in [0.4, 0.5) is 5.69 Å². The summed E-state index contributed by atoms with van der Waals surface area (Å²) in [5, 5.41) is 8.88. The number of guanidine groups is 1. The standard InChI is InChI=1S/C23H26N4O3S/c1-28-22-7-2-5-18(26-22)16-25-23(24-11-10-19-6-3-14-31-19)27-17-8-9-20-21(15-17)30-13-4-12-29-20/h2-3,5-9,14-15H,4,10-13,16H2,1H3,(H2,24,25,27). The summed E-state index contributed by atoms with van der Waals surface area (Å²) in [4.78, 5) is 10.5. The lowest BCUT2D eigenvalue weighted by Crippen LogP contribution is -2.32. The number of fused-ring (bicyclic) bond motifs is 1.